The lowest BCUT2D eigenvalue weighted by Crippen LogP contribution is -2.60. The third-order valence-corrected chi connectivity index (χ3v) is 6.35. The van der Waals surface area contributed by atoms with Crippen LogP contribution in [0.15, 0.2) is 30.3 Å². The molecule has 3 amide bonds. The number of nitrogens with one attached hydrogen (secondary N) is 2. The van der Waals surface area contributed by atoms with E-state index in [-0.39, 0.29) is 23.9 Å². The van der Waals surface area contributed by atoms with E-state index in [1.54, 1.807) is 0 Å². The van der Waals surface area contributed by atoms with Crippen molar-refractivity contribution in [3.8, 4) is 0 Å². The van der Waals surface area contributed by atoms with Crippen LogP contribution in [0.1, 0.15) is 56.6 Å². The highest BCUT2D eigenvalue weighted by atomic mass is 16.2. The van der Waals surface area contributed by atoms with E-state index >= 15 is 0 Å². The molecule has 0 radical (unpaired) electrons. The van der Waals surface area contributed by atoms with Gasteiger partial charge in [-0.25, -0.2) is 4.79 Å². The van der Waals surface area contributed by atoms with E-state index in [4.69, 9.17) is 5.73 Å². The average molecular weight is 341 g/mol. The van der Waals surface area contributed by atoms with Crippen LogP contribution in [-0.2, 0) is 4.79 Å². The molecule has 0 heterocycles. The Labute approximate surface area is 148 Å². The van der Waals surface area contributed by atoms with Crippen LogP contribution >= 0.6 is 0 Å². The average Bonchev–Trinajstić information content (AvgIpc) is 2.52. The molecule has 4 bridgehead atoms. The van der Waals surface area contributed by atoms with Gasteiger partial charge in [0.1, 0.15) is 0 Å². The van der Waals surface area contributed by atoms with E-state index < -0.39 is 6.03 Å². The highest BCUT2D eigenvalue weighted by Crippen LogP contribution is 2.55. The largest absolute Gasteiger partial charge is 0.352 e. The van der Waals surface area contributed by atoms with Gasteiger partial charge in [0.15, 0.2) is 0 Å². The Balaban J connectivity index is 1.44. The summed E-state index contributed by atoms with van der Waals surface area (Å²) in [5.74, 6) is 2.39. The molecule has 4 aliphatic rings. The van der Waals surface area contributed by atoms with Crippen molar-refractivity contribution in [3.05, 3.63) is 35.9 Å². The van der Waals surface area contributed by atoms with Crippen molar-refractivity contribution in [2.45, 2.75) is 56.5 Å². The lowest BCUT2D eigenvalue weighted by Gasteiger charge is -2.57. The number of nitrogens with two attached hydrogens (primary N) is 1. The van der Waals surface area contributed by atoms with Gasteiger partial charge in [-0.3, -0.25) is 4.79 Å². The summed E-state index contributed by atoms with van der Waals surface area (Å²) in [6, 6.07) is 8.57. The number of urea groups is 1. The summed E-state index contributed by atoms with van der Waals surface area (Å²) < 4.78 is 0. The Bertz CT molecular complexity index is 623. The number of primary amides is 1. The van der Waals surface area contributed by atoms with E-state index in [0.29, 0.717) is 0 Å². The minimum atomic E-state index is -0.601. The number of hydrogen-bond acceptors (Lipinski definition) is 2. The van der Waals surface area contributed by atoms with E-state index in [1.807, 2.05) is 30.3 Å². The summed E-state index contributed by atoms with van der Waals surface area (Å²) >= 11 is 0. The molecule has 134 valence electrons. The van der Waals surface area contributed by atoms with Gasteiger partial charge in [-0.2, -0.15) is 0 Å². The molecule has 4 aliphatic carbocycles. The van der Waals surface area contributed by atoms with Gasteiger partial charge in [0.05, 0.1) is 12.5 Å². The maximum atomic E-state index is 12.8. The summed E-state index contributed by atoms with van der Waals surface area (Å²) in [6.45, 7) is 0. The zero-order valence-corrected chi connectivity index (χ0v) is 14.5. The maximum Gasteiger partial charge on any atom is 0.312 e. The Morgan fingerprint density at radius 1 is 1.04 bits per heavy atom. The molecule has 0 aromatic heterocycles. The predicted molar refractivity (Wildman–Crippen MR) is 95.6 cm³/mol. The number of benzene rings is 1. The van der Waals surface area contributed by atoms with Crippen LogP contribution in [0.5, 0.6) is 0 Å². The van der Waals surface area contributed by atoms with Gasteiger partial charge in [0, 0.05) is 5.54 Å². The van der Waals surface area contributed by atoms with Crippen molar-refractivity contribution in [1.29, 1.82) is 0 Å². The Morgan fingerprint density at radius 2 is 1.60 bits per heavy atom. The fourth-order valence-corrected chi connectivity index (χ4v) is 5.91. The van der Waals surface area contributed by atoms with Crippen LogP contribution in [0.4, 0.5) is 4.79 Å². The molecule has 1 atom stereocenters. The second kappa shape index (κ2) is 6.36. The zero-order valence-electron chi connectivity index (χ0n) is 14.5. The molecular weight excluding hydrogens is 314 g/mol. The van der Waals surface area contributed by atoms with Crippen molar-refractivity contribution in [2.24, 2.45) is 23.5 Å². The van der Waals surface area contributed by atoms with Gasteiger partial charge in [0.2, 0.25) is 5.91 Å². The van der Waals surface area contributed by atoms with Crippen LogP contribution in [0, 0.1) is 17.8 Å². The molecule has 0 aliphatic heterocycles. The van der Waals surface area contributed by atoms with Crippen molar-refractivity contribution in [3.63, 3.8) is 0 Å². The summed E-state index contributed by atoms with van der Waals surface area (Å²) in [6.07, 6.45) is 7.67. The van der Waals surface area contributed by atoms with E-state index in [1.165, 1.54) is 19.3 Å². The summed E-state index contributed by atoms with van der Waals surface area (Å²) in [5.41, 5.74) is 6.22. The molecule has 1 aromatic carbocycles. The summed E-state index contributed by atoms with van der Waals surface area (Å²) in [7, 11) is 0. The van der Waals surface area contributed by atoms with Crippen molar-refractivity contribution >= 4 is 11.9 Å². The Hall–Kier alpha value is -2.04. The Morgan fingerprint density at radius 3 is 2.12 bits per heavy atom. The first-order valence-corrected chi connectivity index (χ1v) is 9.43. The first-order chi connectivity index (χ1) is 12.0. The SMILES string of the molecule is NC(=O)N[C@@H](CC(=O)NC12CC3CC(CC(C3)C1)C2)c1ccccc1. The van der Waals surface area contributed by atoms with Gasteiger partial charge in [-0.15, -0.1) is 0 Å². The lowest BCUT2D eigenvalue weighted by molar-refractivity contribution is -0.127. The second-order valence-electron chi connectivity index (χ2n) is 8.42. The number of carbonyl (C=O) groups is 2. The molecule has 25 heavy (non-hydrogen) atoms. The molecular formula is C20H27N3O2. The zero-order chi connectivity index (χ0) is 17.4. The number of hydrogen-bond donors (Lipinski definition) is 3. The molecule has 0 saturated heterocycles. The molecule has 5 heteroatoms. The van der Waals surface area contributed by atoms with Crippen molar-refractivity contribution in [1.82, 2.24) is 10.6 Å². The van der Waals surface area contributed by atoms with Crippen molar-refractivity contribution in [2.75, 3.05) is 0 Å². The number of carbonyl (C=O) groups excluding carboxylic acids is 2. The van der Waals surface area contributed by atoms with Gasteiger partial charge < -0.3 is 16.4 Å². The number of rotatable bonds is 5. The minimum Gasteiger partial charge on any atom is -0.352 e. The van der Waals surface area contributed by atoms with Crippen molar-refractivity contribution < 1.29 is 9.59 Å². The third-order valence-electron chi connectivity index (χ3n) is 6.35. The first kappa shape index (κ1) is 16.4. The smallest absolute Gasteiger partial charge is 0.312 e. The monoisotopic (exact) mass is 341 g/mol. The third kappa shape index (κ3) is 3.51. The molecule has 0 spiro atoms. The molecule has 1 aromatic rings. The number of amides is 3. The topological polar surface area (TPSA) is 84.2 Å². The predicted octanol–water partition coefficient (Wildman–Crippen LogP) is 2.87. The molecule has 4 N–H and O–H groups in total. The molecule has 4 fully saturated rings. The highest BCUT2D eigenvalue weighted by Gasteiger charge is 2.51. The van der Waals surface area contributed by atoms with Gasteiger partial charge >= 0.3 is 6.03 Å². The molecule has 4 saturated carbocycles. The standard InChI is InChI=1S/C20H27N3O2/c21-19(25)22-17(16-4-2-1-3-5-16)9-18(24)23-20-10-13-6-14(11-20)8-15(7-13)12-20/h1-5,13-15,17H,6-12H2,(H,23,24)(H3,21,22,25)/t13?,14?,15?,17-,20?/m0/s1. The second-order valence-corrected chi connectivity index (χ2v) is 8.42. The normalized spacial score (nSPS) is 33.7. The van der Waals surface area contributed by atoms with Gasteiger partial charge in [-0.05, 0) is 61.8 Å². The lowest BCUT2D eigenvalue weighted by atomic mass is 9.53. The molecule has 5 rings (SSSR count). The van der Waals surface area contributed by atoms with E-state index in [0.717, 1.165) is 42.6 Å². The highest BCUT2D eigenvalue weighted by molar-refractivity contribution is 5.79. The van der Waals surface area contributed by atoms with E-state index in [2.05, 4.69) is 10.6 Å². The van der Waals surface area contributed by atoms with Crippen LogP contribution in [0.2, 0.25) is 0 Å². The minimum absolute atomic E-state index is 0.000204. The summed E-state index contributed by atoms with van der Waals surface area (Å²) in [5, 5.41) is 6.08. The van der Waals surface area contributed by atoms with Gasteiger partial charge in [-0.1, -0.05) is 30.3 Å². The van der Waals surface area contributed by atoms with Crippen LogP contribution < -0.4 is 16.4 Å². The van der Waals surface area contributed by atoms with E-state index in [9.17, 15) is 9.59 Å². The summed E-state index contributed by atoms with van der Waals surface area (Å²) in [4.78, 5) is 24.1. The fraction of sp³-hybridized carbons (Fsp3) is 0.600. The fourth-order valence-electron chi connectivity index (χ4n) is 5.91. The quantitative estimate of drug-likeness (QED) is 0.769. The van der Waals surface area contributed by atoms with Crippen LogP contribution in [0.3, 0.4) is 0 Å². The van der Waals surface area contributed by atoms with Crippen LogP contribution in [-0.4, -0.2) is 17.5 Å². The first-order valence-electron chi connectivity index (χ1n) is 9.43. The molecule has 5 nitrogen and oxygen atoms in total. The maximum absolute atomic E-state index is 12.8. The van der Waals surface area contributed by atoms with Crippen LogP contribution in [0.25, 0.3) is 0 Å². The molecule has 0 unspecified atom stereocenters. The Kier molecular flexibility index (Phi) is 4.18. The van der Waals surface area contributed by atoms with Gasteiger partial charge in [0.25, 0.3) is 0 Å².